The van der Waals surface area contributed by atoms with Gasteiger partial charge in [-0.3, -0.25) is 4.57 Å². The Hall–Kier alpha value is -7.41. The standard InChI is InChI=1S/C57H41N3/c1-38-33-34-49-46(35-38)44-27-14-16-29-47(44)57(49)48-30-17-15-28-45(48)56-55(57)54-51(59(42-23-10-4-11-24-42)43-25-12-5-13-26-43)31-18-32-52(54)60(56)53-37-41(39-19-6-2-7-20-39)36-50(58-53)40-21-8-3-9-22-40/h2-6,8-19,21-25,27-34,36-38,43H,26,35H2,1H3. The molecule has 3 unspecified atom stereocenters. The van der Waals surface area contributed by atoms with Gasteiger partial charge in [-0.15, -0.1) is 0 Å². The minimum absolute atomic E-state index is 0.124. The highest BCUT2D eigenvalue weighted by Crippen LogP contribution is 2.66. The molecule has 4 aliphatic rings. The Bertz CT molecular complexity index is 3050. The number of rotatable bonds is 6. The van der Waals surface area contributed by atoms with Crippen molar-refractivity contribution in [3.63, 3.8) is 0 Å². The van der Waals surface area contributed by atoms with Crippen molar-refractivity contribution >= 4 is 27.9 Å². The highest BCUT2D eigenvalue weighted by atomic mass is 15.2. The lowest BCUT2D eigenvalue weighted by Crippen LogP contribution is -2.31. The van der Waals surface area contributed by atoms with E-state index in [2.05, 4.69) is 211 Å². The fourth-order valence-corrected chi connectivity index (χ4v) is 10.7. The molecule has 3 heteroatoms. The number of aromatic nitrogens is 2. The minimum Gasteiger partial charge on any atom is -0.334 e. The highest BCUT2D eigenvalue weighted by Gasteiger charge is 2.55. The van der Waals surface area contributed by atoms with Gasteiger partial charge in [0, 0.05) is 33.3 Å². The topological polar surface area (TPSA) is 21.1 Å². The number of pyridine rings is 1. The van der Waals surface area contributed by atoms with E-state index in [-0.39, 0.29) is 6.04 Å². The van der Waals surface area contributed by atoms with E-state index in [0.717, 1.165) is 46.6 Å². The molecular formula is C57H41N3. The van der Waals surface area contributed by atoms with Gasteiger partial charge in [-0.2, -0.15) is 0 Å². The molecule has 0 radical (unpaired) electrons. The monoisotopic (exact) mass is 767 g/mol. The first kappa shape index (κ1) is 34.6. The number of fused-ring (bicyclic) bond motifs is 11. The molecule has 3 atom stereocenters. The molecule has 60 heavy (non-hydrogen) atoms. The SMILES string of the molecule is CC1C=CC2=C(C1)c1ccccc1C21c2ccccc2-c2c1c1c(N(c3ccccc3)C3C=CC=CC3)cccc1n2-c1cc(-c2c#cccc2)cc(-c2ccccc2)n1. The number of anilines is 2. The molecule has 0 N–H and O–H groups in total. The normalized spacial score (nSPS) is 19.3. The van der Waals surface area contributed by atoms with E-state index in [4.69, 9.17) is 4.98 Å². The second-order valence-electron chi connectivity index (χ2n) is 16.5. The van der Waals surface area contributed by atoms with Gasteiger partial charge in [-0.1, -0.05) is 165 Å². The Morgan fingerprint density at radius 3 is 2.27 bits per heavy atom. The average molecular weight is 768 g/mol. The number of allylic oxidation sites excluding steroid dienone is 6. The Morgan fingerprint density at radius 1 is 0.717 bits per heavy atom. The van der Waals surface area contributed by atoms with Gasteiger partial charge in [-0.25, -0.2) is 4.98 Å². The summed E-state index contributed by atoms with van der Waals surface area (Å²) in [5, 5.41) is 1.25. The van der Waals surface area contributed by atoms with Crippen LogP contribution >= 0.6 is 0 Å². The van der Waals surface area contributed by atoms with E-state index in [0.29, 0.717) is 5.92 Å². The number of para-hydroxylation sites is 1. The Balaban J connectivity index is 1.26. The summed E-state index contributed by atoms with van der Waals surface area (Å²) in [7, 11) is 0. The summed E-state index contributed by atoms with van der Waals surface area (Å²) in [6, 6.07) is 64.1. The van der Waals surface area contributed by atoms with Crippen molar-refractivity contribution in [2.75, 3.05) is 4.90 Å². The first-order valence-corrected chi connectivity index (χ1v) is 21.1. The van der Waals surface area contributed by atoms with E-state index in [1.54, 1.807) is 0 Å². The first-order valence-electron chi connectivity index (χ1n) is 21.1. The molecule has 2 aromatic heterocycles. The Kier molecular flexibility index (Phi) is 7.84. The molecule has 6 aromatic carbocycles. The number of benzene rings is 5. The van der Waals surface area contributed by atoms with E-state index < -0.39 is 5.41 Å². The van der Waals surface area contributed by atoms with Gasteiger partial charge in [-0.05, 0) is 101 Å². The lowest BCUT2D eigenvalue weighted by molar-refractivity contribution is 0.727. The maximum absolute atomic E-state index is 5.62. The molecule has 3 nitrogen and oxygen atoms in total. The smallest absolute Gasteiger partial charge is 0.138 e. The van der Waals surface area contributed by atoms with Crippen molar-refractivity contribution in [2.45, 2.75) is 31.2 Å². The average Bonchev–Trinajstić information content (AvgIpc) is 3.92. The zero-order valence-corrected chi connectivity index (χ0v) is 33.4. The van der Waals surface area contributed by atoms with Gasteiger partial charge in [0.2, 0.25) is 0 Å². The molecule has 0 saturated carbocycles. The molecule has 1 spiro atoms. The van der Waals surface area contributed by atoms with Gasteiger partial charge in [0.25, 0.3) is 0 Å². The van der Waals surface area contributed by atoms with Crippen molar-refractivity contribution in [3.05, 3.63) is 234 Å². The summed E-state index contributed by atoms with van der Waals surface area (Å²) in [5.41, 5.74) is 17.7. The van der Waals surface area contributed by atoms with Crippen LogP contribution in [0, 0.1) is 18.1 Å². The van der Waals surface area contributed by atoms with E-state index >= 15 is 0 Å². The molecule has 12 rings (SSSR count). The van der Waals surface area contributed by atoms with Gasteiger partial charge >= 0.3 is 0 Å². The molecule has 0 bridgehead atoms. The maximum Gasteiger partial charge on any atom is 0.138 e. The van der Waals surface area contributed by atoms with E-state index in [1.807, 2.05) is 12.1 Å². The van der Waals surface area contributed by atoms with Gasteiger partial charge in [0.05, 0.1) is 34.0 Å². The maximum atomic E-state index is 5.62. The molecule has 0 aliphatic heterocycles. The van der Waals surface area contributed by atoms with Gasteiger partial charge in [0.15, 0.2) is 0 Å². The third-order valence-corrected chi connectivity index (χ3v) is 13.1. The summed E-state index contributed by atoms with van der Waals surface area (Å²) in [6.07, 6.45) is 15.9. The van der Waals surface area contributed by atoms with Crippen LogP contribution in [0.15, 0.2) is 200 Å². The molecule has 0 saturated heterocycles. The van der Waals surface area contributed by atoms with Crippen molar-refractivity contribution in [1.82, 2.24) is 9.55 Å². The zero-order chi connectivity index (χ0) is 39.8. The van der Waals surface area contributed by atoms with Crippen LogP contribution < -0.4 is 4.90 Å². The predicted molar refractivity (Wildman–Crippen MR) is 246 cm³/mol. The first-order chi connectivity index (χ1) is 29.7. The summed E-state index contributed by atoms with van der Waals surface area (Å²) in [6.45, 7) is 2.35. The largest absolute Gasteiger partial charge is 0.334 e. The van der Waals surface area contributed by atoms with Crippen molar-refractivity contribution in [1.29, 1.82) is 0 Å². The van der Waals surface area contributed by atoms with Crippen LogP contribution in [-0.2, 0) is 5.41 Å². The number of hydrogen-bond donors (Lipinski definition) is 0. The molecule has 284 valence electrons. The Labute approximate surface area is 351 Å². The van der Waals surface area contributed by atoms with E-state index in [1.165, 1.54) is 61.4 Å². The third kappa shape index (κ3) is 5.01. The quantitative estimate of drug-likeness (QED) is 0.168. The summed E-state index contributed by atoms with van der Waals surface area (Å²) < 4.78 is 2.49. The molecule has 0 amide bonds. The molecular weight excluding hydrogens is 727 g/mol. The van der Waals surface area contributed by atoms with Crippen LogP contribution in [0.25, 0.3) is 55.9 Å². The fraction of sp³-hybridized carbons (Fsp3) is 0.105. The van der Waals surface area contributed by atoms with Gasteiger partial charge < -0.3 is 4.90 Å². The molecule has 0 fully saturated rings. The van der Waals surface area contributed by atoms with Crippen molar-refractivity contribution in [2.24, 2.45) is 5.92 Å². The fourth-order valence-electron chi connectivity index (χ4n) is 10.7. The molecule has 4 aliphatic carbocycles. The highest BCUT2D eigenvalue weighted by molar-refractivity contribution is 6.10. The van der Waals surface area contributed by atoms with E-state index in [9.17, 15) is 0 Å². The lowest BCUT2D eigenvalue weighted by Gasteiger charge is -2.36. The van der Waals surface area contributed by atoms with Crippen LogP contribution in [0.4, 0.5) is 11.4 Å². The second-order valence-corrected chi connectivity index (χ2v) is 16.5. The van der Waals surface area contributed by atoms with Gasteiger partial charge in [0.1, 0.15) is 5.82 Å². The zero-order valence-electron chi connectivity index (χ0n) is 33.4. The number of hydrogen-bond acceptors (Lipinski definition) is 2. The van der Waals surface area contributed by atoms with Crippen LogP contribution in [-0.4, -0.2) is 15.6 Å². The summed E-state index contributed by atoms with van der Waals surface area (Å²) in [4.78, 5) is 8.20. The number of nitrogens with zero attached hydrogens (tertiary/aromatic N) is 3. The third-order valence-electron chi connectivity index (χ3n) is 13.1. The van der Waals surface area contributed by atoms with Crippen LogP contribution in [0.3, 0.4) is 0 Å². The summed E-state index contributed by atoms with van der Waals surface area (Å²) >= 11 is 0. The van der Waals surface area contributed by atoms with Crippen molar-refractivity contribution < 1.29 is 0 Å². The molecule has 2 heterocycles. The van der Waals surface area contributed by atoms with Crippen LogP contribution in [0.1, 0.15) is 42.0 Å². The summed E-state index contributed by atoms with van der Waals surface area (Å²) in [5.74, 6) is 1.33. The van der Waals surface area contributed by atoms with Crippen molar-refractivity contribution in [3.8, 4) is 39.5 Å². The predicted octanol–water partition coefficient (Wildman–Crippen LogP) is 13.7. The second kappa shape index (κ2) is 13.6. The molecule has 8 aromatic rings. The minimum atomic E-state index is -0.541. The lowest BCUT2D eigenvalue weighted by atomic mass is 9.68. The van der Waals surface area contributed by atoms with Crippen LogP contribution in [0.2, 0.25) is 0 Å². The Morgan fingerprint density at radius 2 is 1.48 bits per heavy atom. The van der Waals surface area contributed by atoms with Crippen LogP contribution in [0.5, 0.6) is 0 Å².